The van der Waals surface area contributed by atoms with Gasteiger partial charge in [0.05, 0.1) is 39.3 Å². The fourth-order valence-electron chi connectivity index (χ4n) is 4.46. The second kappa shape index (κ2) is 9.72. The lowest BCUT2D eigenvalue weighted by molar-refractivity contribution is 0.0161. The summed E-state index contributed by atoms with van der Waals surface area (Å²) in [5.41, 5.74) is 2.09. The van der Waals surface area contributed by atoms with Gasteiger partial charge in [-0.2, -0.15) is 0 Å². The standard InChI is InChI=1S/C28H25NO6S/c1-2-19-9-11-20(12-10-19)17-29-24-16-21(28(31)35-18-22-6-5-15-34-22)13-14-26(24)36(32,33)25-8-4-3-7-23(25)27(29)30/h2-4,7-14,16,22H,1,5-6,15,17-18H2/t22-/m0/s1. The minimum atomic E-state index is -4.02. The predicted molar refractivity (Wildman–Crippen MR) is 135 cm³/mol. The third-order valence-electron chi connectivity index (χ3n) is 6.41. The number of ether oxygens (including phenoxy) is 2. The summed E-state index contributed by atoms with van der Waals surface area (Å²) >= 11 is 0. The molecule has 0 aliphatic carbocycles. The van der Waals surface area contributed by atoms with Crippen LogP contribution in [0.2, 0.25) is 0 Å². The molecule has 5 rings (SSSR count). The van der Waals surface area contributed by atoms with Crippen molar-refractivity contribution in [3.63, 3.8) is 0 Å². The van der Waals surface area contributed by atoms with Gasteiger partial charge in [-0.15, -0.1) is 0 Å². The molecule has 0 radical (unpaired) electrons. The number of esters is 1. The molecule has 0 bridgehead atoms. The second-order valence-electron chi connectivity index (χ2n) is 8.75. The zero-order valence-corrected chi connectivity index (χ0v) is 20.4. The molecule has 1 saturated heterocycles. The van der Waals surface area contributed by atoms with Gasteiger partial charge in [0.25, 0.3) is 5.91 Å². The maximum atomic E-state index is 13.7. The van der Waals surface area contributed by atoms with E-state index >= 15 is 0 Å². The molecule has 0 saturated carbocycles. The Bertz CT molecular complexity index is 1440. The summed E-state index contributed by atoms with van der Waals surface area (Å²) in [5.74, 6) is -1.07. The van der Waals surface area contributed by atoms with Gasteiger partial charge in [0, 0.05) is 6.61 Å². The molecule has 0 unspecified atom stereocenters. The summed E-state index contributed by atoms with van der Waals surface area (Å²) in [4.78, 5) is 27.8. The van der Waals surface area contributed by atoms with Crippen molar-refractivity contribution in [1.29, 1.82) is 0 Å². The molecule has 2 aliphatic rings. The van der Waals surface area contributed by atoms with Crippen LogP contribution in [-0.4, -0.2) is 39.6 Å². The third-order valence-corrected chi connectivity index (χ3v) is 8.27. The van der Waals surface area contributed by atoms with E-state index in [9.17, 15) is 18.0 Å². The van der Waals surface area contributed by atoms with E-state index in [1.54, 1.807) is 18.2 Å². The first kappa shape index (κ1) is 24.0. The highest BCUT2D eigenvalue weighted by atomic mass is 32.2. The summed E-state index contributed by atoms with van der Waals surface area (Å²) in [7, 11) is -4.02. The Morgan fingerprint density at radius 1 is 1.08 bits per heavy atom. The molecule has 2 heterocycles. The van der Waals surface area contributed by atoms with Gasteiger partial charge in [-0.3, -0.25) is 4.79 Å². The quantitative estimate of drug-likeness (QED) is 0.455. The van der Waals surface area contributed by atoms with E-state index < -0.39 is 21.7 Å². The summed E-state index contributed by atoms with van der Waals surface area (Å²) < 4.78 is 38.1. The van der Waals surface area contributed by atoms with Gasteiger partial charge in [0.15, 0.2) is 0 Å². The molecule has 1 fully saturated rings. The Morgan fingerprint density at radius 2 is 1.86 bits per heavy atom. The van der Waals surface area contributed by atoms with Crippen molar-refractivity contribution in [2.45, 2.75) is 35.3 Å². The number of carbonyl (C=O) groups excluding carboxylic acids is 2. The molecule has 184 valence electrons. The number of sulfone groups is 1. The zero-order chi connectivity index (χ0) is 25.3. The minimum Gasteiger partial charge on any atom is -0.459 e. The molecule has 3 aromatic rings. The highest BCUT2D eigenvalue weighted by molar-refractivity contribution is 7.91. The molecule has 8 heteroatoms. The molecule has 1 atom stereocenters. The first-order valence-corrected chi connectivity index (χ1v) is 13.2. The highest BCUT2D eigenvalue weighted by Crippen LogP contribution is 2.38. The molecule has 1 amide bonds. The van der Waals surface area contributed by atoms with Crippen molar-refractivity contribution in [2.24, 2.45) is 0 Å². The van der Waals surface area contributed by atoms with E-state index in [4.69, 9.17) is 9.47 Å². The van der Waals surface area contributed by atoms with E-state index in [1.165, 1.54) is 35.2 Å². The number of nitrogens with zero attached hydrogens (tertiary/aromatic N) is 1. The van der Waals surface area contributed by atoms with Gasteiger partial charge < -0.3 is 14.4 Å². The molecular weight excluding hydrogens is 478 g/mol. The van der Waals surface area contributed by atoms with Crippen LogP contribution in [0.25, 0.3) is 6.08 Å². The van der Waals surface area contributed by atoms with Gasteiger partial charge in [-0.25, -0.2) is 13.2 Å². The molecule has 36 heavy (non-hydrogen) atoms. The number of benzene rings is 3. The molecule has 3 aromatic carbocycles. The summed E-state index contributed by atoms with van der Waals surface area (Å²) in [6, 6.07) is 17.8. The fourth-order valence-corrected chi connectivity index (χ4v) is 6.09. The van der Waals surface area contributed by atoms with Crippen molar-refractivity contribution in [3.05, 3.63) is 95.6 Å². The van der Waals surface area contributed by atoms with Gasteiger partial charge in [-0.1, -0.05) is 49.1 Å². The van der Waals surface area contributed by atoms with Crippen LogP contribution < -0.4 is 4.90 Å². The first-order valence-electron chi connectivity index (χ1n) is 11.7. The van der Waals surface area contributed by atoms with Crippen molar-refractivity contribution >= 4 is 33.5 Å². The summed E-state index contributed by atoms with van der Waals surface area (Å²) in [6.45, 7) is 4.63. The number of fused-ring (bicyclic) bond motifs is 2. The lowest BCUT2D eigenvalue weighted by Crippen LogP contribution is -2.30. The molecule has 0 aromatic heterocycles. The maximum Gasteiger partial charge on any atom is 0.338 e. The van der Waals surface area contributed by atoms with Crippen LogP contribution in [0.4, 0.5) is 5.69 Å². The predicted octanol–water partition coefficient (Wildman–Crippen LogP) is 4.66. The summed E-state index contributed by atoms with van der Waals surface area (Å²) in [6.07, 6.45) is 3.32. The molecule has 0 N–H and O–H groups in total. The van der Waals surface area contributed by atoms with Crippen LogP contribution in [0.15, 0.2) is 83.1 Å². The van der Waals surface area contributed by atoms with Crippen LogP contribution in [0.1, 0.15) is 44.7 Å². The lowest BCUT2D eigenvalue weighted by atomic mass is 10.1. The Kier molecular flexibility index (Phi) is 6.47. The number of hydrogen-bond acceptors (Lipinski definition) is 6. The van der Waals surface area contributed by atoms with Crippen molar-refractivity contribution in [2.75, 3.05) is 18.1 Å². The Morgan fingerprint density at radius 3 is 2.58 bits per heavy atom. The van der Waals surface area contributed by atoms with E-state index in [1.807, 2.05) is 24.3 Å². The summed E-state index contributed by atoms with van der Waals surface area (Å²) in [5, 5.41) is 0. The van der Waals surface area contributed by atoms with Crippen molar-refractivity contribution in [3.8, 4) is 0 Å². The molecular formula is C28H25NO6S. The Hall–Kier alpha value is -3.75. The van der Waals surface area contributed by atoms with Gasteiger partial charge in [0.2, 0.25) is 9.84 Å². The monoisotopic (exact) mass is 503 g/mol. The topological polar surface area (TPSA) is 90.0 Å². The number of rotatable bonds is 6. The van der Waals surface area contributed by atoms with Crippen LogP contribution in [-0.2, 0) is 25.9 Å². The molecule has 7 nitrogen and oxygen atoms in total. The van der Waals surface area contributed by atoms with Crippen LogP contribution in [0, 0.1) is 0 Å². The fraction of sp³-hybridized carbons (Fsp3) is 0.214. The Labute approximate surface area is 209 Å². The van der Waals surface area contributed by atoms with Crippen LogP contribution in [0.5, 0.6) is 0 Å². The number of amides is 1. The molecule has 0 spiro atoms. The Balaban J connectivity index is 1.57. The average molecular weight is 504 g/mol. The van der Waals surface area contributed by atoms with Gasteiger partial charge in [-0.05, 0) is 54.3 Å². The largest absolute Gasteiger partial charge is 0.459 e. The minimum absolute atomic E-state index is 0.0424. The first-order chi connectivity index (χ1) is 17.4. The third kappa shape index (κ3) is 4.45. The van der Waals surface area contributed by atoms with Gasteiger partial charge in [0.1, 0.15) is 6.61 Å². The highest BCUT2D eigenvalue weighted by Gasteiger charge is 2.36. The number of anilines is 1. The van der Waals surface area contributed by atoms with Crippen LogP contribution >= 0.6 is 0 Å². The van der Waals surface area contributed by atoms with E-state index in [-0.39, 0.29) is 45.9 Å². The maximum absolute atomic E-state index is 13.7. The number of carbonyl (C=O) groups is 2. The van der Waals surface area contributed by atoms with Crippen molar-refractivity contribution in [1.82, 2.24) is 0 Å². The second-order valence-corrected chi connectivity index (χ2v) is 10.6. The normalized spacial score (nSPS) is 18.2. The lowest BCUT2D eigenvalue weighted by Gasteiger charge is -2.23. The zero-order valence-electron chi connectivity index (χ0n) is 19.6. The smallest absolute Gasteiger partial charge is 0.338 e. The molecule has 2 aliphatic heterocycles. The van der Waals surface area contributed by atoms with E-state index in [0.29, 0.717) is 6.61 Å². The number of hydrogen-bond donors (Lipinski definition) is 0. The average Bonchev–Trinajstić information content (AvgIpc) is 3.42. The van der Waals surface area contributed by atoms with Crippen LogP contribution in [0.3, 0.4) is 0 Å². The van der Waals surface area contributed by atoms with E-state index in [0.717, 1.165) is 24.0 Å². The van der Waals surface area contributed by atoms with E-state index in [2.05, 4.69) is 6.58 Å². The SMILES string of the molecule is C=Cc1ccc(CN2C(=O)c3ccccc3S(=O)(=O)c3ccc(C(=O)OC[C@@H]4CCCO4)cc32)cc1. The van der Waals surface area contributed by atoms with Gasteiger partial charge >= 0.3 is 5.97 Å². The van der Waals surface area contributed by atoms with Crippen molar-refractivity contribution < 1.29 is 27.5 Å².